The molecule has 0 aliphatic carbocycles. The third-order valence-electron chi connectivity index (χ3n) is 3.05. The second kappa shape index (κ2) is 7.73. The molecule has 3 nitrogen and oxygen atoms in total. The number of aliphatic hydroxyl groups excluding tert-OH is 1. The van der Waals surface area contributed by atoms with Crippen molar-refractivity contribution in [3.63, 3.8) is 0 Å². The van der Waals surface area contributed by atoms with E-state index in [1.54, 1.807) is 12.1 Å². The summed E-state index contributed by atoms with van der Waals surface area (Å²) >= 11 is 11.9. The Morgan fingerprint density at radius 2 is 2.11 bits per heavy atom. The van der Waals surface area contributed by atoms with Crippen molar-refractivity contribution in [2.24, 2.45) is 5.92 Å². The van der Waals surface area contributed by atoms with Crippen LogP contribution in [0.1, 0.15) is 25.8 Å². The van der Waals surface area contributed by atoms with E-state index >= 15 is 0 Å². The van der Waals surface area contributed by atoms with Crippen molar-refractivity contribution in [2.45, 2.75) is 32.7 Å². The number of hydrogen-bond donors (Lipinski definition) is 2. The summed E-state index contributed by atoms with van der Waals surface area (Å²) in [6.07, 6.45) is 1.25. The van der Waals surface area contributed by atoms with Gasteiger partial charge in [0.1, 0.15) is 0 Å². The number of rotatable bonds is 6. The summed E-state index contributed by atoms with van der Waals surface area (Å²) in [5.41, 5.74) is 0.894. The van der Waals surface area contributed by atoms with Crippen LogP contribution in [0.5, 0.6) is 0 Å². The fraction of sp³-hybridized carbons (Fsp3) is 0.500. The highest BCUT2D eigenvalue weighted by atomic mass is 35.5. The number of carbonyl (C=O) groups excluding carboxylic acids is 1. The molecule has 1 aromatic carbocycles. The predicted octanol–water partition coefficient (Wildman–Crippen LogP) is 3.06. The van der Waals surface area contributed by atoms with Crippen molar-refractivity contribution in [1.82, 2.24) is 5.32 Å². The van der Waals surface area contributed by atoms with Crippen LogP contribution in [0.15, 0.2) is 18.2 Å². The quantitative estimate of drug-likeness (QED) is 0.848. The lowest BCUT2D eigenvalue weighted by Crippen LogP contribution is -2.40. The Hall–Kier alpha value is -0.770. The highest BCUT2D eigenvalue weighted by Gasteiger charge is 2.17. The van der Waals surface area contributed by atoms with Gasteiger partial charge >= 0.3 is 0 Å². The maximum Gasteiger partial charge on any atom is 0.223 e. The molecule has 1 rings (SSSR count). The van der Waals surface area contributed by atoms with Crippen molar-refractivity contribution in [1.29, 1.82) is 0 Å². The average Bonchev–Trinajstić information content (AvgIpc) is 2.38. The van der Waals surface area contributed by atoms with Crippen LogP contribution in [0.3, 0.4) is 0 Å². The number of nitrogens with one attached hydrogen (secondary N) is 1. The van der Waals surface area contributed by atoms with Gasteiger partial charge in [0.15, 0.2) is 0 Å². The van der Waals surface area contributed by atoms with Gasteiger partial charge in [0.2, 0.25) is 5.91 Å². The molecule has 1 aromatic rings. The number of carbonyl (C=O) groups is 1. The van der Waals surface area contributed by atoms with E-state index in [1.165, 1.54) is 0 Å². The summed E-state index contributed by atoms with van der Waals surface area (Å²) in [5.74, 6) is -0.286. The summed E-state index contributed by atoms with van der Waals surface area (Å²) in [5, 5.41) is 13.0. The highest BCUT2D eigenvalue weighted by molar-refractivity contribution is 6.35. The second-order valence-electron chi connectivity index (χ2n) is 4.64. The van der Waals surface area contributed by atoms with Gasteiger partial charge in [0, 0.05) is 16.0 Å². The van der Waals surface area contributed by atoms with Gasteiger partial charge in [-0.3, -0.25) is 4.79 Å². The lowest BCUT2D eigenvalue weighted by atomic mass is 10.00. The molecule has 0 heterocycles. The van der Waals surface area contributed by atoms with Crippen LogP contribution >= 0.6 is 23.2 Å². The molecule has 0 fully saturated rings. The maximum absolute atomic E-state index is 12.0. The van der Waals surface area contributed by atoms with Crippen LogP contribution in [0, 0.1) is 5.92 Å². The minimum atomic E-state index is -0.209. The van der Waals surface area contributed by atoms with E-state index in [4.69, 9.17) is 28.3 Å². The first-order valence-electron chi connectivity index (χ1n) is 6.33. The Bertz CT molecular complexity index is 433. The van der Waals surface area contributed by atoms with E-state index in [1.807, 2.05) is 19.9 Å². The molecular formula is C14H19Cl2NO2. The Kier molecular flexibility index (Phi) is 6.63. The Balaban J connectivity index is 2.63. The van der Waals surface area contributed by atoms with Crippen molar-refractivity contribution in [2.75, 3.05) is 6.61 Å². The smallest absolute Gasteiger partial charge is 0.223 e. The predicted molar refractivity (Wildman–Crippen MR) is 78.6 cm³/mol. The molecule has 2 atom stereocenters. The number of hydrogen-bond acceptors (Lipinski definition) is 2. The molecule has 19 heavy (non-hydrogen) atoms. The van der Waals surface area contributed by atoms with Gasteiger partial charge < -0.3 is 10.4 Å². The molecule has 0 bridgehead atoms. The van der Waals surface area contributed by atoms with Crippen molar-refractivity contribution in [3.8, 4) is 0 Å². The SMILES string of the molecule is CCC(CO)NC(=O)C(C)Cc1ccc(Cl)cc1Cl. The van der Waals surface area contributed by atoms with E-state index in [-0.39, 0.29) is 24.5 Å². The molecule has 0 aromatic heterocycles. The van der Waals surface area contributed by atoms with Crippen LogP contribution in [0.25, 0.3) is 0 Å². The van der Waals surface area contributed by atoms with Gasteiger partial charge in [-0.15, -0.1) is 0 Å². The van der Waals surface area contributed by atoms with Gasteiger partial charge in [-0.05, 0) is 30.5 Å². The topological polar surface area (TPSA) is 49.3 Å². The van der Waals surface area contributed by atoms with E-state index in [2.05, 4.69) is 5.32 Å². The lowest BCUT2D eigenvalue weighted by molar-refractivity contribution is -0.125. The molecular weight excluding hydrogens is 285 g/mol. The molecule has 106 valence electrons. The molecule has 0 saturated heterocycles. The van der Waals surface area contributed by atoms with Gasteiger partial charge in [-0.1, -0.05) is 43.1 Å². The zero-order valence-corrected chi connectivity index (χ0v) is 12.6. The molecule has 2 unspecified atom stereocenters. The van der Waals surface area contributed by atoms with Gasteiger partial charge in [0.05, 0.1) is 12.6 Å². The third kappa shape index (κ3) is 5.01. The van der Waals surface area contributed by atoms with Crippen LogP contribution in [-0.4, -0.2) is 23.7 Å². The Labute approximate surface area is 123 Å². The normalized spacial score (nSPS) is 13.9. The van der Waals surface area contributed by atoms with E-state index in [9.17, 15) is 4.79 Å². The first-order valence-corrected chi connectivity index (χ1v) is 7.08. The molecule has 0 aliphatic heterocycles. The fourth-order valence-electron chi connectivity index (χ4n) is 1.73. The van der Waals surface area contributed by atoms with E-state index in [0.29, 0.717) is 22.9 Å². The Morgan fingerprint density at radius 1 is 1.42 bits per heavy atom. The van der Waals surface area contributed by atoms with Crippen LogP contribution in [-0.2, 0) is 11.2 Å². The Morgan fingerprint density at radius 3 is 2.63 bits per heavy atom. The largest absolute Gasteiger partial charge is 0.394 e. The van der Waals surface area contributed by atoms with E-state index in [0.717, 1.165) is 5.56 Å². The van der Waals surface area contributed by atoms with Crippen molar-refractivity contribution in [3.05, 3.63) is 33.8 Å². The summed E-state index contributed by atoms with van der Waals surface area (Å²) in [6.45, 7) is 3.71. The summed E-state index contributed by atoms with van der Waals surface area (Å²) in [4.78, 5) is 12.0. The van der Waals surface area contributed by atoms with Crippen LogP contribution < -0.4 is 5.32 Å². The fourth-order valence-corrected chi connectivity index (χ4v) is 2.22. The first kappa shape index (κ1) is 16.3. The minimum Gasteiger partial charge on any atom is -0.394 e. The van der Waals surface area contributed by atoms with Crippen LogP contribution in [0.4, 0.5) is 0 Å². The number of amides is 1. The lowest BCUT2D eigenvalue weighted by Gasteiger charge is -2.18. The standard InChI is InChI=1S/C14H19Cl2NO2/c1-3-12(8-18)17-14(19)9(2)6-10-4-5-11(15)7-13(10)16/h4-5,7,9,12,18H,3,6,8H2,1-2H3,(H,17,19). The van der Waals surface area contributed by atoms with Gasteiger partial charge in [-0.2, -0.15) is 0 Å². The van der Waals surface area contributed by atoms with E-state index < -0.39 is 0 Å². The number of benzene rings is 1. The summed E-state index contributed by atoms with van der Waals surface area (Å²) in [7, 11) is 0. The molecule has 2 N–H and O–H groups in total. The molecule has 0 aliphatic rings. The van der Waals surface area contributed by atoms with Gasteiger partial charge in [-0.25, -0.2) is 0 Å². The van der Waals surface area contributed by atoms with Gasteiger partial charge in [0.25, 0.3) is 0 Å². The van der Waals surface area contributed by atoms with Crippen molar-refractivity contribution >= 4 is 29.1 Å². The maximum atomic E-state index is 12.0. The first-order chi connectivity index (χ1) is 8.97. The number of halogens is 2. The highest BCUT2D eigenvalue weighted by Crippen LogP contribution is 2.23. The zero-order valence-electron chi connectivity index (χ0n) is 11.1. The summed E-state index contributed by atoms with van der Waals surface area (Å²) < 4.78 is 0. The summed E-state index contributed by atoms with van der Waals surface area (Å²) in [6, 6.07) is 5.08. The van der Waals surface area contributed by atoms with Crippen molar-refractivity contribution < 1.29 is 9.90 Å². The average molecular weight is 304 g/mol. The minimum absolute atomic E-state index is 0.0450. The molecule has 1 amide bonds. The molecule has 0 radical (unpaired) electrons. The third-order valence-corrected chi connectivity index (χ3v) is 3.64. The molecule has 0 spiro atoms. The number of aliphatic hydroxyl groups is 1. The zero-order chi connectivity index (χ0) is 14.4. The second-order valence-corrected chi connectivity index (χ2v) is 5.48. The monoisotopic (exact) mass is 303 g/mol. The van der Waals surface area contributed by atoms with Crippen LogP contribution in [0.2, 0.25) is 10.0 Å². The molecule has 5 heteroatoms. The molecule has 0 saturated carbocycles.